The normalized spacial score (nSPS) is 21.7. The zero-order valence-electron chi connectivity index (χ0n) is 24.6. The van der Waals surface area contributed by atoms with Gasteiger partial charge in [-0.2, -0.15) is 0 Å². The van der Waals surface area contributed by atoms with Gasteiger partial charge < -0.3 is 24.3 Å². The summed E-state index contributed by atoms with van der Waals surface area (Å²) in [5.41, 5.74) is 0.336. The summed E-state index contributed by atoms with van der Waals surface area (Å²) in [6.07, 6.45) is -3.28. The van der Waals surface area contributed by atoms with Crippen molar-refractivity contribution in [3.05, 3.63) is 108 Å². The van der Waals surface area contributed by atoms with Gasteiger partial charge in [-0.1, -0.05) is 91.0 Å². The molecule has 0 radical (unpaired) electrons. The molecule has 42 heavy (non-hydrogen) atoms. The van der Waals surface area contributed by atoms with Crippen LogP contribution in [0.2, 0.25) is 0 Å². The topological polar surface area (TPSA) is 103 Å². The average Bonchev–Trinajstić information content (AvgIpc) is 3.17. The average molecular weight is 575 g/mol. The lowest BCUT2D eigenvalue weighted by Crippen LogP contribution is -2.56. The fourth-order valence-corrected chi connectivity index (χ4v) is 5.24. The van der Waals surface area contributed by atoms with Crippen LogP contribution in [0, 0.1) is 0 Å². The standard InChI is InChI=1S/C33H38N2O7/c1-23-27(41-31(38)40-22-25-17-11-7-12-18-25)28(34-29(36)42-32(2,3)4)33(5,26-19-13-8-14-20-26)35(23)30(37)39-21-24-15-9-6-10-16-24/h6-20,23,27-28H,21-22H2,1-5H3,(H,34,36)/t23-,27-,28-,33+/m1/s1. The van der Waals surface area contributed by atoms with Crippen LogP contribution in [-0.2, 0) is 37.7 Å². The second kappa shape index (κ2) is 13.0. The van der Waals surface area contributed by atoms with Gasteiger partial charge in [-0.3, -0.25) is 4.90 Å². The smallest absolute Gasteiger partial charge is 0.445 e. The summed E-state index contributed by atoms with van der Waals surface area (Å²) in [5.74, 6) is 0. The van der Waals surface area contributed by atoms with Crippen LogP contribution in [0.1, 0.15) is 51.3 Å². The van der Waals surface area contributed by atoms with Crippen LogP contribution in [0.25, 0.3) is 0 Å². The van der Waals surface area contributed by atoms with Crippen molar-refractivity contribution in [2.24, 2.45) is 0 Å². The van der Waals surface area contributed by atoms with Gasteiger partial charge in [-0.25, -0.2) is 14.4 Å². The zero-order chi connectivity index (χ0) is 30.3. The third-order valence-corrected chi connectivity index (χ3v) is 7.18. The number of hydrogen-bond acceptors (Lipinski definition) is 7. The fourth-order valence-electron chi connectivity index (χ4n) is 5.24. The lowest BCUT2D eigenvalue weighted by atomic mass is 9.84. The van der Waals surface area contributed by atoms with Gasteiger partial charge in [0.15, 0.2) is 0 Å². The second-order valence-electron chi connectivity index (χ2n) is 11.4. The molecule has 0 aromatic heterocycles. The highest BCUT2D eigenvalue weighted by Gasteiger charge is 2.61. The number of nitrogens with zero attached hydrogens (tertiary/aromatic N) is 1. The molecule has 1 N–H and O–H groups in total. The Morgan fingerprint density at radius 1 is 0.810 bits per heavy atom. The molecule has 4 atom stereocenters. The Labute approximate surface area is 246 Å². The Morgan fingerprint density at radius 3 is 1.83 bits per heavy atom. The minimum atomic E-state index is -1.20. The molecule has 3 aromatic rings. The number of benzene rings is 3. The van der Waals surface area contributed by atoms with Gasteiger partial charge in [0.05, 0.1) is 17.6 Å². The third-order valence-electron chi connectivity index (χ3n) is 7.18. The minimum Gasteiger partial charge on any atom is -0.445 e. The van der Waals surface area contributed by atoms with E-state index in [0.29, 0.717) is 5.56 Å². The van der Waals surface area contributed by atoms with E-state index in [1.165, 1.54) is 4.90 Å². The van der Waals surface area contributed by atoms with Crippen LogP contribution < -0.4 is 5.32 Å². The highest BCUT2D eigenvalue weighted by atomic mass is 16.7. The molecule has 3 aromatic carbocycles. The number of alkyl carbamates (subject to hydrolysis) is 1. The predicted molar refractivity (Wildman–Crippen MR) is 156 cm³/mol. The largest absolute Gasteiger partial charge is 0.509 e. The highest BCUT2D eigenvalue weighted by Crippen LogP contribution is 2.44. The van der Waals surface area contributed by atoms with E-state index in [1.54, 1.807) is 27.7 Å². The molecule has 1 heterocycles. The number of amides is 2. The summed E-state index contributed by atoms with van der Waals surface area (Å²) in [6, 6.07) is 26.1. The molecule has 1 saturated heterocycles. The number of carbonyl (C=O) groups is 3. The van der Waals surface area contributed by atoms with Crippen molar-refractivity contribution in [2.45, 2.75) is 77.2 Å². The molecular weight excluding hydrogens is 536 g/mol. The summed E-state index contributed by atoms with van der Waals surface area (Å²) in [5, 5.41) is 2.90. The maximum Gasteiger partial charge on any atom is 0.509 e. The van der Waals surface area contributed by atoms with Crippen molar-refractivity contribution < 1.29 is 33.3 Å². The van der Waals surface area contributed by atoms with Crippen molar-refractivity contribution in [1.82, 2.24) is 10.2 Å². The van der Waals surface area contributed by atoms with E-state index in [9.17, 15) is 14.4 Å². The monoisotopic (exact) mass is 574 g/mol. The summed E-state index contributed by atoms with van der Waals surface area (Å²) < 4.78 is 22.6. The maximum absolute atomic E-state index is 13.8. The van der Waals surface area contributed by atoms with E-state index in [0.717, 1.165) is 11.1 Å². The van der Waals surface area contributed by atoms with Crippen molar-refractivity contribution in [2.75, 3.05) is 0 Å². The van der Waals surface area contributed by atoms with E-state index in [1.807, 2.05) is 97.9 Å². The summed E-state index contributed by atoms with van der Waals surface area (Å²) in [7, 11) is 0. The Hall–Kier alpha value is -4.53. The van der Waals surface area contributed by atoms with Crippen LogP contribution in [0.15, 0.2) is 91.0 Å². The summed E-state index contributed by atoms with van der Waals surface area (Å²) in [4.78, 5) is 41.4. The summed E-state index contributed by atoms with van der Waals surface area (Å²) in [6.45, 7) is 8.86. The Morgan fingerprint density at radius 2 is 1.31 bits per heavy atom. The number of likely N-dealkylation sites (tertiary alicyclic amines) is 1. The molecular formula is C33H38N2O7. The molecule has 1 aliphatic rings. The van der Waals surface area contributed by atoms with Crippen LogP contribution >= 0.6 is 0 Å². The molecule has 9 nitrogen and oxygen atoms in total. The maximum atomic E-state index is 13.8. The van der Waals surface area contributed by atoms with Gasteiger partial charge in [0.25, 0.3) is 0 Å². The first kappa shape index (κ1) is 30.4. The van der Waals surface area contributed by atoms with E-state index >= 15 is 0 Å². The molecule has 0 bridgehead atoms. The van der Waals surface area contributed by atoms with Crippen LogP contribution in [0.3, 0.4) is 0 Å². The lowest BCUT2D eigenvalue weighted by molar-refractivity contribution is -0.00110. The molecule has 2 amide bonds. The fraction of sp³-hybridized carbons (Fsp3) is 0.364. The van der Waals surface area contributed by atoms with Gasteiger partial charge >= 0.3 is 18.3 Å². The van der Waals surface area contributed by atoms with Crippen molar-refractivity contribution in [3.8, 4) is 0 Å². The predicted octanol–water partition coefficient (Wildman–Crippen LogP) is 6.56. The van der Waals surface area contributed by atoms with Crippen molar-refractivity contribution in [3.63, 3.8) is 0 Å². The molecule has 1 aliphatic heterocycles. The van der Waals surface area contributed by atoms with Crippen LogP contribution in [0.4, 0.5) is 14.4 Å². The third kappa shape index (κ3) is 7.21. The van der Waals surface area contributed by atoms with Crippen LogP contribution in [0.5, 0.6) is 0 Å². The number of ether oxygens (including phenoxy) is 4. The molecule has 0 saturated carbocycles. The minimum absolute atomic E-state index is 0.00369. The first-order valence-corrected chi connectivity index (χ1v) is 13.9. The number of carbonyl (C=O) groups excluding carboxylic acids is 3. The Balaban J connectivity index is 1.67. The van der Waals surface area contributed by atoms with E-state index in [-0.39, 0.29) is 13.2 Å². The van der Waals surface area contributed by atoms with Gasteiger partial charge in [0.2, 0.25) is 0 Å². The quantitative estimate of drug-likeness (QED) is 0.252. The summed E-state index contributed by atoms with van der Waals surface area (Å²) >= 11 is 0. The SMILES string of the molecule is C[C@@H]1[C@@H](OC(=O)OCc2ccccc2)[C@@H](NC(=O)OC(C)(C)C)[C@](C)(c2ccccc2)N1C(=O)OCc1ccccc1. The van der Waals surface area contributed by atoms with Gasteiger partial charge in [-0.15, -0.1) is 0 Å². The van der Waals surface area contributed by atoms with Crippen molar-refractivity contribution in [1.29, 1.82) is 0 Å². The van der Waals surface area contributed by atoms with E-state index in [4.69, 9.17) is 18.9 Å². The number of nitrogens with one attached hydrogen (secondary N) is 1. The molecule has 0 spiro atoms. The number of rotatable bonds is 7. The number of hydrogen-bond donors (Lipinski definition) is 1. The molecule has 4 rings (SSSR count). The Bertz CT molecular complexity index is 1350. The zero-order valence-corrected chi connectivity index (χ0v) is 24.6. The molecule has 0 aliphatic carbocycles. The van der Waals surface area contributed by atoms with Crippen molar-refractivity contribution >= 4 is 18.3 Å². The van der Waals surface area contributed by atoms with Gasteiger partial charge in [0.1, 0.15) is 24.9 Å². The first-order chi connectivity index (χ1) is 20.0. The van der Waals surface area contributed by atoms with E-state index in [2.05, 4.69) is 5.32 Å². The van der Waals surface area contributed by atoms with E-state index < -0.39 is 47.7 Å². The molecule has 9 heteroatoms. The molecule has 222 valence electrons. The van der Waals surface area contributed by atoms with Crippen LogP contribution in [-0.4, -0.2) is 47.0 Å². The molecule has 1 fully saturated rings. The van der Waals surface area contributed by atoms with Gasteiger partial charge in [0, 0.05) is 0 Å². The lowest BCUT2D eigenvalue weighted by Gasteiger charge is -2.40. The highest BCUT2D eigenvalue weighted by molar-refractivity contribution is 5.73. The molecule has 0 unspecified atom stereocenters. The second-order valence-corrected chi connectivity index (χ2v) is 11.4. The first-order valence-electron chi connectivity index (χ1n) is 13.9. The Kier molecular flexibility index (Phi) is 9.40. The van der Waals surface area contributed by atoms with Gasteiger partial charge in [-0.05, 0) is 51.3 Å².